The standard InChI is InChI=1S/C48H48N4/c1-5-17-37(18-6-1)43-44(38-19-7-2-8-20-38)50-47(49-43)41-31-33-15-13-16-34-28-30-36(26-14-25-35(41)29-27-33)42(32-34)48-51-45(39-21-9-3-10-22-39)46(52-48)40-23-11-4-12-24-40/h1-12,17-24,27-32,43-52H,13-16,25-26H2. The van der Waals surface area contributed by atoms with Crippen LogP contribution in [-0.2, 0) is 25.7 Å². The van der Waals surface area contributed by atoms with Crippen LogP contribution in [0.1, 0.15) is 105 Å². The smallest absolute Gasteiger partial charge is 0.0849 e. The van der Waals surface area contributed by atoms with Gasteiger partial charge in [-0.1, -0.05) is 158 Å². The van der Waals surface area contributed by atoms with Crippen molar-refractivity contribution in [3.8, 4) is 0 Å². The molecule has 6 aliphatic rings. The molecule has 260 valence electrons. The van der Waals surface area contributed by atoms with Crippen LogP contribution in [0.2, 0.25) is 0 Å². The van der Waals surface area contributed by atoms with Gasteiger partial charge >= 0.3 is 0 Å². The van der Waals surface area contributed by atoms with Crippen molar-refractivity contribution in [2.24, 2.45) is 0 Å². The molecule has 4 heteroatoms. The maximum atomic E-state index is 4.06. The SMILES string of the molecule is c1ccc(C2NC(c3cc4ccc3CCCc3ccc(cc3C3NC(c5ccccc5)C(c5ccccc5)N3)CCC4)NC2c2ccccc2)cc1. The van der Waals surface area contributed by atoms with Crippen molar-refractivity contribution < 1.29 is 0 Å². The third-order valence-electron chi connectivity index (χ3n) is 11.6. The van der Waals surface area contributed by atoms with E-state index < -0.39 is 0 Å². The minimum Gasteiger partial charge on any atom is -0.289 e. The van der Waals surface area contributed by atoms with E-state index in [0.29, 0.717) is 0 Å². The van der Waals surface area contributed by atoms with Crippen molar-refractivity contribution in [3.63, 3.8) is 0 Å². The molecule has 52 heavy (non-hydrogen) atoms. The number of hydrogen-bond acceptors (Lipinski definition) is 4. The molecule has 0 amide bonds. The molecule has 4 nitrogen and oxygen atoms in total. The van der Waals surface area contributed by atoms with Crippen LogP contribution in [0, 0.1) is 0 Å². The van der Waals surface area contributed by atoms with Gasteiger partial charge in [0.15, 0.2) is 0 Å². The van der Waals surface area contributed by atoms with Gasteiger partial charge in [0.05, 0.1) is 36.5 Å². The lowest BCUT2D eigenvalue weighted by atomic mass is 9.91. The quantitative estimate of drug-likeness (QED) is 0.142. The summed E-state index contributed by atoms with van der Waals surface area (Å²) in [5.41, 5.74) is 13.8. The van der Waals surface area contributed by atoms with Crippen molar-refractivity contribution in [1.82, 2.24) is 21.3 Å². The van der Waals surface area contributed by atoms with Crippen molar-refractivity contribution >= 4 is 0 Å². The van der Waals surface area contributed by atoms with Gasteiger partial charge in [-0.3, -0.25) is 21.3 Å². The summed E-state index contributed by atoms with van der Waals surface area (Å²) in [5, 5.41) is 16.2. The lowest BCUT2D eigenvalue weighted by molar-refractivity contribution is 0.543. The first-order chi connectivity index (χ1) is 25.8. The van der Waals surface area contributed by atoms with Crippen molar-refractivity contribution in [3.05, 3.63) is 213 Å². The van der Waals surface area contributed by atoms with Crippen LogP contribution in [0.25, 0.3) is 0 Å². The Bertz CT molecular complexity index is 1840. The number of rotatable bonds is 6. The van der Waals surface area contributed by atoms with E-state index in [4.69, 9.17) is 0 Å². The summed E-state index contributed by atoms with van der Waals surface area (Å²) < 4.78 is 0. The monoisotopic (exact) mass is 680 g/mol. The van der Waals surface area contributed by atoms with Gasteiger partial charge in [-0.25, -0.2) is 0 Å². The number of nitrogens with one attached hydrogen (secondary N) is 4. The molecule has 4 atom stereocenters. The van der Waals surface area contributed by atoms with Crippen LogP contribution < -0.4 is 21.3 Å². The summed E-state index contributed by atoms with van der Waals surface area (Å²) >= 11 is 0. The zero-order chi connectivity index (χ0) is 34.7. The summed E-state index contributed by atoms with van der Waals surface area (Å²) in [6.07, 6.45) is 6.55. The molecule has 12 rings (SSSR count). The molecule has 4 aliphatic carbocycles. The van der Waals surface area contributed by atoms with Gasteiger partial charge in [-0.05, 0) is 94.2 Å². The molecule has 2 fully saturated rings. The first-order valence-electron chi connectivity index (χ1n) is 19.2. The maximum Gasteiger partial charge on any atom is 0.0849 e. The van der Waals surface area contributed by atoms with E-state index in [2.05, 4.69) is 179 Å². The van der Waals surface area contributed by atoms with Gasteiger partial charge in [-0.2, -0.15) is 0 Å². The van der Waals surface area contributed by atoms with Crippen LogP contribution in [0.15, 0.2) is 158 Å². The Balaban J connectivity index is 1.00. The number of hydrogen-bond donors (Lipinski definition) is 4. The van der Waals surface area contributed by atoms with Gasteiger partial charge in [0.2, 0.25) is 0 Å². The Morgan fingerprint density at radius 1 is 0.327 bits per heavy atom. The fourth-order valence-electron chi connectivity index (χ4n) is 8.91. The Hall–Kier alpha value is -4.84. The van der Waals surface area contributed by atoms with E-state index in [1.807, 2.05) is 0 Å². The average Bonchev–Trinajstić information content (AvgIpc) is 3.87. The molecule has 4 N–H and O–H groups in total. The third kappa shape index (κ3) is 6.88. The topological polar surface area (TPSA) is 48.1 Å². The first kappa shape index (κ1) is 33.0. The van der Waals surface area contributed by atoms with E-state index in [1.165, 1.54) is 55.6 Å². The molecule has 6 aromatic rings. The summed E-state index contributed by atoms with van der Waals surface area (Å²) in [7, 11) is 0. The predicted molar refractivity (Wildman–Crippen MR) is 212 cm³/mol. The fraction of sp³-hybridized carbons (Fsp3) is 0.250. The molecule has 0 aromatic heterocycles. The van der Waals surface area contributed by atoms with E-state index in [1.54, 1.807) is 0 Å². The molecule has 0 radical (unpaired) electrons. The highest BCUT2D eigenvalue weighted by molar-refractivity contribution is 5.41. The van der Waals surface area contributed by atoms with Crippen molar-refractivity contribution in [2.45, 2.75) is 75.0 Å². The van der Waals surface area contributed by atoms with Crippen molar-refractivity contribution in [1.29, 1.82) is 0 Å². The van der Waals surface area contributed by atoms with E-state index in [0.717, 1.165) is 38.5 Å². The Morgan fingerprint density at radius 2 is 0.635 bits per heavy atom. The fourth-order valence-corrected chi connectivity index (χ4v) is 8.91. The lowest BCUT2D eigenvalue weighted by Gasteiger charge is -2.22. The highest BCUT2D eigenvalue weighted by atomic mass is 15.3. The highest BCUT2D eigenvalue weighted by Crippen LogP contribution is 2.41. The van der Waals surface area contributed by atoms with E-state index >= 15 is 0 Å². The molecular weight excluding hydrogens is 633 g/mol. The Kier molecular flexibility index (Phi) is 9.54. The van der Waals surface area contributed by atoms with E-state index in [-0.39, 0.29) is 36.5 Å². The summed E-state index contributed by atoms with van der Waals surface area (Å²) in [6.45, 7) is 0. The third-order valence-corrected chi connectivity index (χ3v) is 11.6. The molecule has 2 saturated heterocycles. The minimum absolute atomic E-state index is 0.0730. The second-order valence-electron chi connectivity index (χ2n) is 14.9. The Morgan fingerprint density at radius 3 is 0.962 bits per heavy atom. The molecule has 4 bridgehead atoms. The molecule has 0 saturated carbocycles. The van der Waals surface area contributed by atoms with Crippen LogP contribution >= 0.6 is 0 Å². The number of benzene rings is 6. The van der Waals surface area contributed by atoms with Gasteiger partial charge in [0.25, 0.3) is 0 Å². The zero-order valence-corrected chi connectivity index (χ0v) is 29.7. The largest absolute Gasteiger partial charge is 0.289 e. The molecule has 2 heterocycles. The van der Waals surface area contributed by atoms with Gasteiger partial charge < -0.3 is 0 Å². The van der Waals surface area contributed by atoms with Crippen molar-refractivity contribution in [2.75, 3.05) is 0 Å². The first-order valence-corrected chi connectivity index (χ1v) is 19.2. The van der Waals surface area contributed by atoms with Crippen LogP contribution in [0.4, 0.5) is 0 Å². The zero-order valence-electron chi connectivity index (χ0n) is 29.7. The predicted octanol–water partition coefficient (Wildman–Crippen LogP) is 9.70. The Labute approximate surface area is 308 Å². The molecule has 4 unspecified atom stereocenters. The molecular formula is C48H48N4. The molecule has 0 spiro atoms. The van der Waals surface area contributed by atoms with Gasteiger partial charge in [0.1, 0.15) is 0 Å². The second-order valence-corrected chi connectivity index (χ2v) is 14.9. The van der Waals surface area contributed by atoms with E-state index in [9.17, 15) is 0 Å². The minimum atomic E-state index is 0.0730. The average molecular weight is 681 g/mol. The molecule has 6 aromatic carbocycles. The maximum absolute atomic E-state index is 4.06. The van der Waals surface area contributed by atoms with Crippen LogP contribution in [0.5, 0.6) is 0 Å². The summed E-state index contributed by atoms with van der Waals surface area (Å²) in [6, 6.07) is 59.1. The molecule has 2 aliphatic heterocycles. The van der Waals surface area contributed by atoms with Crippen LogP contribution in [0.3, 0.4) is 0 Å². The highest BCUT2D eigenvalue weighted by Gasteiger charge is 2.38. The summed E-state index contributed by atoms with van der Waals surface area (Å²) in [5.74, 6) is 0. The summed E-state index contributed by atoms with van der Waals surface area (Å²) in [4.78, 5) is 0. The normalized spacial score (nSPS) is 24.5. The second kappa shape index (κ2) is 15.0. The number of aryl methyl sites for hydroxylation is 4. The van der Waals surface area contributed by atoms with Gasteiger partial charge in [-0.15, -0.1) is 0 Å². The van der Waals surface area contributed by atoms with Crippen LogP contribution in [-0.4, -0.2) is 0 Å². The van der Waals surface area contributed by atoms with Gasteiger partial charge in [0, 0.05) is 0 Å². The lowest BCUT2D eigenvalue weighted by Crippen LogP contribution is -2.25.